The van der Waals surface area contributed by atoms with Gasteiger partial charge < -0.3 is 49.9 Å². The van der Waals surface area contributed by atoms with Crippen molar-refractivity contribution in [1.29, 1.82) is 0 Å². The molecular weight excluding hydrogens is 764 g/mol. The molecule has 0 aromatic carbocycles. The second kappa shape index (κ2) is 34.8. The molecule has 0 bridgehead atoms. The van der Waals surface area contributed by atoms with Crippen LogP contribution in [0.1, 0.15) is 128 Å². The van der Waals surface area contributed by atoms with Gasteiger partial charge in [0.25, 0.3) is 11.8 Å². The maximum absolute atomic E-state index is 12.3. The third-order valence-corrected chi connectivity index (χ3v) is 8.87. The van der Waals surface area contributed by atoms with E-state index in [2.05, 4.69) is 20.8 Å². The first-order valence-electron chi connectivity index (χ1n) is 20.6. The average molecular weight is 831 g/mol. The molecule has 0 aromatic rings. The molecule has 1 saturated heterocycles. The second-order valence-electron chi connectivity index (χ2n) is 13.9. The minimum atomic E-state index is -1.19. The summed E-state index contributed by atoms with van der Waals surface area (Å²) in [5, 5.41) is 26.3. The summed E-state index contributed by atoms with van der Waals surface area (Å²) in [6.07, 6.45) is 15.4. The highest BCUT2D eigenvalue weighted by Gasteiger charge is 2.32. The Morgan fingerprint density at radius 2 is 0.983 bits per heavy atom. The standard InChI is InChI=1S/C39H66N4O15/c44-32(18-17-31(39(52)53)42-33(45)15-13-11-9-7-5-3-1-2-4-6-8-10-12-14-16-37(49)50)40-21-23-54-25-27-56-29-34(46)41-22-24-55-26-28-57-30-38(51)58-43-35(47)19-20-36(43)48/h31H,1-30H2,(H,40,44)(H,41,46)(H,42,45)(H,49,50)(H,52,53). The van der Waals surface area contributed by atoms with Gasteiger partial charge in [-0.25, -0.2) is 9.59 Å². The largest absolute Gasteiger partial charge is 0.481 e. The highest BCUT2D eigenvalue weighted by Crippen LogP contribution is 2.14. The molecule has 1 fully saturated rings. The molecule has 0 aromatic heterocycles. The zero-order chi connectivity index (χ0) is 42.6. The van der Waals surface area contributed by atoms with Gasteiger partial charge in [-0.1, -0.05) is 77.0 Å². The topological polar surface area (TPSA) is 262 Å². The fourth-order valence-corrected chi connectivity index (χ4v) is 5.69. The molecule has 1 unspecified atom stereocenters. The Kier molecular flexibility index (Phi) is 31.1. The molecule has 0 saturated carbocycles. The quantitative estimate of drug-likeness (QED) is 0.0441. The maximum atomic E-state index is 12.3. The number of amides is 5. The lowest BCUT2D eigenvalue weighted by Gasteiger charge is -2.14. The summed E-state index contributed by atoms with van der Waals surface area (Å²) < 4.78 is 21.0. The van der Waals surface area contributed by atoms with Crippen molar-refractivity contribution < 1.29 is 72.4 Å². The van der Waals surface area contributed by atoms with Gasteiger partial charge in [-0.05, 0) is 19.3 Å². The van der Waals surface area contributed by atoms with Crippen LogP contribution in [0.2, 0.25) is 0 Å². The van der Waals surface area contributed by atoms with Crippen molar-refractivity contribution in [2.45, 2.75) is 134 Å². The lowest BCUT2D eigenvalue weighted by Crippen LogP contribution is -2.41. The number of nitrogens with one attached hydrogen (secondary N) is 3. The van der Waals surface area contributed by atoms with Gasteiger partial charge in [0, 0.05) is 45.2 Å². The lowest BCUT2D eigenvalue weighted by atomic mass is 10.0. The van der Waals surface area contributed by atoms with Crippen LogP contribution in [0.4, 0.5) is 0 Å². The number of carboxylic acids is 2. The van der Waals surface area contributed by atoms with Gasteiger partial charge in [0.2, 0.25) is 17.7 Å². The molecule has 0 radical (unpaired) electrons. The smallest absolute Gasteiger partial charge is 0.358 e. The van der Waals surface area contributed by atoms with Crippen LogP contribution in [-0.4, -0.2) is 135 Å². The van der Waals surface area contributed by atoms with Crippen LogP contribution in [0.3, 0.4) is 0 Å². The third kappa shape index (κ3) is 30.0. The van der Waals surface area contributed by atoms with E-state index in [4.69, 9.17) is 24.1 Å². The number of carboxylic acid groups (broad SMARTS) is 2. The number of imide groups is 1. The van der Waals surface area contributed by atoms with Crippen molar-refractivity contribution >= 4 is 47.4 Å². The van der Waals surface area contributed by atoms with Crippen molar-refractivity contribution in [1.82, 2.24) is 21.0 Å². The molecule has 1 atom stereocenters. The first-order valence-corrected chi connectivity index (χ1v) is 20.6. The molecular formula is C39H66N4O15. The summed E-state index contributed by atoms with van der Waals surface area (Å²) in [5.74, 6) is -5.02. The molecule has 332 valence electrons. The van der Waals surface area contributed by atoms with Gasteiger partial charge >= 0.3 is 17.9 Å². The van der Waals surface area contributed by atoms with Gasteiger partial charge in [0.05, 0.1) is 39.6 Å². The Balaban J connectivity index is 1.91. The molecule has 58 heavy (non-hydrogen) atoms. The molecule has 1 heterocycles. The predicted molar refractivity (Wildman–Crippen MR) is 207 cm³/mol. The van der Waals surface area contributed by atoms with E-state index in [-0.39, 0.29) is 116 Å². The van der Waals surface area contributed by atoms with E-state index in [1.165, 1.54) is 38.5 Å². The molecule has 0 spiro atoms. The number of unbranched alkanes of at least 4 members (excludes halogenated alkanes) is 13. The van der Waals surface area contributed by atoms with E-state index in [0.29, 0.717) is 11.5 Å². The first-order chi connectivity index (χ1) is 28.0. The second-order valence-corrected chi connectivity index (χ2v) is 13.9. The number of carbonyl (C=O) groups excluding carboxylic acids is 6. The number of hydrogen-bond acceptors (Lipinski definition) is 13. The Labute approximate surface area is 340 Å². The van der Waals surface area contributed by atoms with Crippen molar-refractivity contribution in [2.24, 2.45) is 0 Å². The monoisotopic (exact) mass is 830 g/mol. The number of hydroxylamine groups is 2. The normalized spacial score (nSPS) is 13.0. The molecule has 19 heteroatoms. The molecule has 1 rings (SSSR count). The minimum absolute atomic E-state index is 0.00197. The summed E-state index contributed by atoms with van der Waals surface area (Å²) in [7, 11) is 0. The summed E-state index contributed by atoms with van der Waals surface area (Å²) >= 11 is 0. The molecule has 0 aliphatic carbocycles. The summed E-state index contributed by atoms with van der Waals surface area (Å²) in [5.41, 5.74) is 0. The number of aliphatic carboxylic acids is 2. The number of carbonyl (C=O) groups is 8. The van der Waals surface area contributed by atoms with Gasteiger partial charge in [0.1, 0.15) is 19.3 Å². The van der Waals surface area contributed by atoms with Crippen LogP contribution in [0.25, 0.3) is 0 Å². The van der Waals surface area contributed by atoms with Gasteiger partial charge in [-0.3, -0.25) is 28.8 Å². The van der Waals surface area contributed by atoms with Crippen LogP contribution in [0.5, 0.6) is 0 Å². The van der Waals surface area contributed by atoms with E-state index < -0.39 is 42.4 Å². The minimum Gasteiger partial charge on any atom is -0.481 e. The van der Waals surface area contributed by atoms with E-state index in [0.717, 1.165) is 44.9 Å². The summed E-state index contributed by atoms with van der Waals surface area (Å²) in [6, 6.07) is -1.15. The van der Waals surface area contributed by atoms with Crippen molar-refractivity contribution in [3.8, 4) is 0 Å². The highest BCUT2D eigenvalue weighted by molar-refractivity contribution is 6.01. The van der Waals surface area contributed by atoms with Crippen LogP contribution in [-0.2, 0) is 62.1 Å². The van der Waals surface area contributed by atoms with Crippen LogP contribution in [0.15, 0.2) is 0 Å². The molecule has 19 nitrogen and oxygen atoms in total. The molecule has 1 aliphatic rings. The van der Waals surface area contributed by atoms with Gasteiger partial charge in [-0.15, -0.1) is 5.06 Å². The third-order valence-electron chi connectivity index (χ3n) is 8.87. The predicted octanol–water partition coefficient (Wildman–Crippen LogP) is 2.57. The summed E-state index contributed by atoms with van der Waals surface area (Å²) in [6.45, 7) is 0.616. The SMILES string of the molecule is O=C(O)CCCCCCCCCCCCCCCCC(=O)NC(CCC(=O)NCCOCCOCC(=O)NCCOCCOCC(=O)ON1C(=O)CCC1=O)C(=O)O. The number of rotatable bonds is 39. The van der Waals surface area contributed by atoms with Crippen molar-refractivity contribution in [3.05, 3.63) is 0 Å². The number of hydrogen-bond donors (Lipinski definition) is 5. The Hall–Kier alpha value is -4.20. The Morgan fingerprint density at radius 1 is 0.534 bits per heavy atom. The Bertz CT molecular complexity index is 1220. The van der Waals surface area contributed by atoms with E-state index in [9.17, 15) is 43.5 Å². The maximum Gasteiger partial charge on any atom is 0.358 e. The zero-order valence-electron chi connectivity index (χ0n) is 33.9. The van der Waals surface area contributed by atoms with Gasteiger partial charge in [0.15, 0.2) is 0 Å². The van der Waals surface area contributed by atoms with Crippen LogP contribution < -0.4 is 16.0 Å². The van der Waals surface area contributed by atoms with Crippen molar-refractivity contribution in [3.63, 3.8) is 0 Å². The number of nitrogens with zero attached hydrogens (tertiary/aromatic N) is 1. The Morgan fingerprint density at radius 3 is 1.48 bits per heavy atom. The molecule has 5 amide bonds. The van der Waals surface area contributed by atoms with E-state index >= 15 is 0 Å². The molecule has 5 N–H and O–H groups in total. The van der Waals surface area contributed by atoms with Crippen molar-refractivity contribution in [2.75, 3.05) is 65.9 Å². The summed E-state index contributed by atoms with van der Waals surface area (Å²) in [4.78, 5) is 97.6. The van der Waals surface area contributed by atoms with E-state index in [1.54, 1.807) is 0 Å². The van der Waals surface area contributed by atoms with Crippen LogP contribution in [0, 0.1) is 0 Å². The fraction of sp³-hybridized carbons (Fsp3) is 0.795. The zero-order valence-corrected chi connectivity index (χ0v) is 33.9. The first kappa shape index (κ1) is 51.8. The van der Waals surface area contributed by atoms with Gasteiger partial charge in [-0.2, -0.15) is 0 Å². The lowest BCUT2D eigenvalue weighted by molar-refractivity contribution is -0.200. The average Bonchev–Trinajstić information content (AvgIpc) is 3.50. The van der Waals surface area contributed by atoms with E-state index in [1.807, 2.05) is 0 Å². The fourth-order valence-electron chi connectivity index (χ4n) is 5.69. The van der Waals surface area contributed by atoms with Crippen LogP contribution >= 0.6 is 0 Å². The number of ether oxygens (including phenoxy) is 4. The molecule has 1 aliphatic heterocycles. The highest BCUT2D eigenvalue weighted by atomic mass is 16.7.